The predicted octanol–water partition coefficient (Wildman–Crippen LogP) is 2.99. The van der Waals surface area contributed by atoms with Gasteiger partial charge in [0.05, 0.1) is 0 Å². The van der Waals surface area contributed by atoms with E-state index in [9.17, 15) is 4.79 Å². The fourth-order valence-corrected chi connectivity index (χ4v) is 0.859. The lowest BCUT2D eigenvalue weighted by Gasteiger charge is -1.98. The van der Waals surface area contributed by atoms with Crippen molar-refractivity contribution in [1.82, 2.24) is 5.32 Å². The van der Waals surface area contributed by atoms with E-state index < -0.39 is 0 Å². The van der Waals surface area contributed by atoms with Gasteiger partial charge in [-0.2, -0.15) is 0 Å². The van der Waals surface area contributed by atoms with E-state index in [1.54, 1.807) is 0 Å². The third kappa shape index (κ3) is 6.72. The molecular weight excluding hydrogens is 198 g/mol. The number of hydrogen-bond donors (Lipinski definition) is 1. The zero-order valence-electron chi connectivity index (χ0n) is 9.06. The quantitative estimate of drug-likeness (QED) is 0.702. The standard InChI is InChI=1S/C11H18ClNO/c1-4-11(14)13-8-6-5-7-9(2)10(3)12/h5-6H,4,7-8H2,1-3H3,(H,13,14)/b6-5-,10-9+. The molecule has 0 heterocycles. The maximum atomic E-state index is 10.8. The van der Waals surface area contributed by atoms with Gasteiger partial charge in [0.2, 0.25) is 5.91 Å². The third-order valence-electron chi connectivity index (χ3n) is 1.92. The Hall–Kier alpha value is -0.760. The van der Waals surface area contributed by atoms with Crippen LogP contribution in [0.25, 0.3) is 0 Å². The second-order valence-electron chi connectivity index (χ2n) is 3.15. The van der Waals surface area contributed by atoms with Gasteiger partial charge < -0.3 is 5.32 Å². The molecule has 0 saturated carbocycles. The summed E-state index contributed by atoms with van der Waals surface area (Å²) in [6.07, 6.45) is 5.33. The van der Waals surface area contributed by atoms with E-state index in [1.165, 1.54) is 0 Å². The molecule has 80 valence electrons. The number of carbonyl (C=O) groups is 1. The SMILES string of the molecule is CCC(=O)NC/C=C\C/C(C)=C(\C)Cl. The maximum Gasteiger partial charge on any atom is 0.219 e. The van der Waals surface area contributed by atoms with Crippen LogP contribution in [0.1, 0.15) is 33.6 Å². The highest BCUT2D eigenvalue weighted by atomic mass is 35.5. The molecule has 1 amide bonds. The number of carbonyl (C=O) groups excluding carboxylic acids is 1. The first-order valence-electron chi connectivity index (χ1n) is 4.81. The van der Waals surface area contributed by atoms with Crippen LogP contribution in [0.5, 0.6) is 0 Å². The van der Waals surface area contributed by atoms with Crippen molar-refractivity contribution in [1.29, 1.82) is 0 Å². The summed E-state index contributed by atoms with van der Waals surface area (Å²) < 4.78 is 0. The fraction of sp³-hybridized carbons (Fsp3) is 0.545. The van der Waals surface area contributed by atoms with Crippen molar-refractivity contribution in [3.8, 4) is 0 Å². The van der Waals surface area contributed by atoms with Crippen LogP contribution in [-0.4, -0.2) is 12.5 Å². The first kappa shape index (κ1) is 13.2. The summed E-state index contributed by atoms with van der Waals surface area (Å²) in [7, 11) is 0. The van der Waals surface area contributed by atoms with Crippen molar-refractivity contribution in [2.75, 3.05) is 6.54 Å². The largest absolute Gasteiger partial charge is 0.353 e. The Kier molecular flexibility index (Phi) is 7.21. The topological polar surface area (TPSA) is 29.1 Å². The minimum atomic E-state index is 0.0791. The van der Waals surface area contributed by atoms with E-state index in [1.807, 2.05) is 32.9 Å². The summed E-state index contributed by atoms with van der Waals surface area (Å²) in [5, 5.41) is 3.60. The highest BCUT2D eigenvalue weighted by Gasteiger charge is 1.92. The van der Waals surface area contributed by atoms with Gasteiger partial charge in [-0.15, -0.1) is 0 Å². The van der Waals surface area contributed by atoms with Gasteiger partial charge in [-0.25, -0.2) is 0 Å². The summed E-state index contributed by atoms with van der Waals surface area (Å²) in [6, 6.07) is 0. The van der Waals surface area contributed by atoms with Crippen LogP contribution in [0.4, 0.5) is 0 Å². The number of nitrogens with one attached hydrogen (secondary N) is 1. The Labute approximate surface area is 91.0 Å². The van der Waals surface area contributed by atoms with Crippen molar-refractivity contribution in [2.24, 2.45) is 0 Å². The Morgan fingerprint density at radius 3 is 2.50 bits per heavy atom. The lowest BCUT2D eigenvalue weighted by Crippen LogP contribution is -2.21. The molecule has 14 heavy (non-hydrogen) atoms. The second-order valence-corrected chi connectivity index (χ2v) is 3.71. The molecule has 0 aliphatic carbocycles. The van der Waals surface area contributed by atoms with Gasteiger partial charge in [0, 0.05) is 18.0 Å². The van der Waals surface area contributed by atoms with E-state index >= 15 is 0 Å². The number of amides is 1. The van der Waals surface area contributed by atoms with Gasteiger partial charge >= 0.3 is 0 Å². The van der Waals surface area contributed by atoms with E-state index in [-0.39, 0.29) is 5.91 Å². The monoisotopic (exact) mass is 215 g/mol. The third-order valence-corrected chi connectivity index (χ3v) is 2.24. The lowest BCUT2D eigenvalue weighted by atomic mass is 10.2. The maximum absolute atomic E-state index is 10.8. The van der Waals surface area contributed by atoms with Gasteiger partial charge in [0.1, 0.15) is 0 Å². The van der Waals surface area contributed by atoms with Crippen LogP contribution >= 0.6 is 11.6 Å². The lowest BCUT2D eigenvalue weighted by molar-refractivity contribution is -0.120. The predicted molar refractivity (Wildman–Crippen MR) is 61.3 cm³/mol. The van der Waals surface area contributed by atoms with E-state index in [0.29, 0.717) is 13.0 Å². The molecule has 0 atom stereocenters. The minimum Gasteiger partial charge on any atom is -0.353 e. The molecular formula is C11H18ClNO. The number of hydrogen-bond acceptors (Lipinski definition) is 1. The van der Waals surface area contributed by atoms with Gasteiger partial charge in [-0.3, -0.25) is 4.79 Å². The molecule has 0 aliphatic rings. The van der Waals surface area contributed by atoms with Crippen LogP contribution in [0.3, 0.4) is 0 Å². The summed E-state index contributed by atoms with van der Waals surface area (Å²) in [4.78, 5) is 10.8. The molecule has 0 saturated heterocycles. The highest BCUT2D eigenvalue weighted by Crippen LogP contribution is 2.11. The smallest absolute Gasteiger partial charge is 0.219 e. The van der Waals surface area contributed by atoms with Crippen molar-refractivity contribution >= 4 is 17.5 Å². The average molecular weight is 216 g/mol. The second kappa shape index (κ2) is 7.63. The van der Waals surface area contributed by atoms with Crippen molar-refractivity contribution < 1.29 is 4.79 Å². The molecule has 0 aromatic carbocycles. The summed E-state index contributed by atoms with van der Waals surface area (Å²) in [5.41, 5.74) is 1.16. The fourth-order valence-electron chi connectivity index (χ4n) is 0.782. The zero-order valence-corrected chi connectivity index (χ0v) is 9.82. The van der Waals surface area contributed by atoms with Crippen molar-refractivity contribution in [3.05, 3.63) is 22.8 Å². The van der Waals surface area contributed by atoms with E-state index in [4.69, 9.17) is 11.6 Å². The van der Waals surface area contributed by atoms with Crippen molar-refractivity contribution in [2.45, 2.75) is 33.6 Å². The molecule has 0 rings (SSSR count). The zero-order chi connectivity index (χ0) is 11.0. The van der Waals surface area contributed by atoms with Crippen LogP contribution < -0.4 is 5.32 Å². The molecule has 0 fully saturated rings. The number of allylic oxidation sites excluding steroid dienone is 3. The molecule has 0 spiro atoms. The van der Waals surface area contributed by atoms with Crippen molar-refractivity contribution in [3.63, 3.8) is 0 Å². The van der Waals surface area contributed by atoms with Gasteiger partial charge in [0.15, 0.2) is 0 Å². The Morgan fingerprint density at radius 2 is 2.00 bits per heavy atom. The summed E-state index contributed by atoms with van der Waals surface area (Å²) >= 11 is 5.79. The molecule has 0 aliphatic heterocycles. The van der Waals surface area contributed by atoms with Gasteiger partial charge in [-0.1, -0.05) is 36.2 Å². The molecule has 0 unspecified atom stereocenters. The van der Waals surface area contributed by atoms with E-state index in [0.717, 1.165) is 17.0 Å². The molecule has 1 N–H and O–H groups in total. The normalized spacial score (nSPS) is 12.9. The van der Waals surface area contributed by atoms with Crippen LogP contribution in [-0.2, 0) is 4.79 Å². The van der Waals surface area contributed by atoms with E-state index in [2.05, 4.69) is 5.32 Å². The Bertz CT molecular complexity index is 240. The number of halogens is 1. The molecule has 0 bridgehead atoms. The van der Waals surface area contributed by atoms with Crippen LogP contribution in [0, 0.1) is 0 Å². The molecule has 0 radical (unpaired) electrons. The number of rotatable bonds is 5. The Morgan fingerprint density at radius 1 is 1.36 bits per heavy atom. The molecule has 2 nitrogen and oxygen atoms in total. The first-order chi connectivity index (χ1) is 6.57. The molecule has 0 aromatic heterocycles. The summed E-state index contributed by atoms with van der Waals surface area (Å²) in [5.74, 6) is 0.0791. The van der Waals surface area contributed by atoms with Gasteiger partial charge in [-0.05, 0) is 20.3 Å². The minimum absolute atomic E-state index is 0.0791. The van der Waals surface area contributed by atoms with Crippen LogP contribution in [0.2, 0.25) is 0 Å². The highest BCUT2D eigenvalue weighted by molar-refractivity contribution is 6.29. The summed E-state index contributed by atoms with van der Waals surface area (Å²) in [6.45, 7) is 6.31. The first-order valence-corrected chi connectivity index (χ1v) is 5.19. The van der Waals surface area contributed by atoms with Crippen LogP contribution in [0.15, 0.2) is 22.8 Å². The van der Waals surface area contributed by atoms with Gasteiger partial charge in [0.25, 0.3) is 0 Å². The molecule has 0 aromatic rings. The molecule has 3 heteroatoms. The Balaban J connectivity index is 3.66. The average Bonchev–Trinajstić information content (AvgIpc) is 2.16.